The Bertz CT molecular complexity index is 917. The van der Waals surface area contributed by atoms with Crippen LogP contribution in [0.3, 0.4) is 0 Å². The van der Waals surface area contributed by atoms with Crippen molar-refractivity contribution in [2.24, 2.45) is 0 Å². The summed E-state index contributed by atoms with van der Waals surface area (Å²) in [6.07, 6.45) is 6.06. The van der Waals surface area contributed by atoms with E-state index in [1.165, 1.54) is 36.5 Å². The lowest BCUT2D eigenvalue weighted by Gasteiger charge is -2.11. The fourth-order valence-corrected chi connectivity index (χ4v) is 3.91. The van der Waals surface area contributed by atoms with Gasteiger partial charge in [0.2, 0.25) is 5.91 Å². The number of rotatable bonds is 5. The van der Waals surface area contributed by atoms with Crippen LogP contribution in [0.5, 0.6) is 0 Å². The van der Waals surface area contributed by atoms with Gasteiger partial charge in [0.25, 0.3) is 0 Å². The van der Waals surface area contributed by atoms with Crippen LogP contribution in [0, 0.1) is 6.92 Å². The Labute approximate surface area is 155 Å². The molecule has 1 saturated carbocycles. The standard InChI is InChI=1S/C18H20N6OS/c1-12-6-8-14(9-7-12)24-17-16(22-23-24)18(20-11-19-17)26-10-15(25)21-13-4-2-3-5-13/h6-9,11,13H,2-5,10H2,1H3,(H,21,25). The summed E-state index contributed by atoms with van der Waals surface area (Å²) in [6, 6.07) is 8.33. The van der Waals surface area contributed by atoms with Crippen LogP contribution in [-0.2, 0) is 4.79 Å². The zero-order chi connectivity index (χ0) is 17.9. The number of thioether (sulfide) groups is 1. The second-order valence-corrected chi connectivity index (χ2v) is 7.49. The van der Waals surface area contributed by atoms with Crippen molar-refractivity contribution in [1.82, 2.24) is 30.3 Å². The number of aryl methyl sites for hydroxylation is 1. The van der Waals surface area contributed by atoms with E-state index >= 15 is 0 Å². The molecule has 0 bridgehead atoms. The number of carbonyl (C=O) groups is 1. The molecule has 2 heterocycles. The molecule has 1 fully saturated rings. The summed E-state index contributed by atoms with van der Waals surface area (Å²) in [6.45, 7) is 2.04. The molecule has 7 nitrogen and oxygen atoms in total. The molecule has 1 aliphatic rings. The van der Waals surface area contributed by atoms with Crippen molar-refractivity contribution in [3.8, 4) is 5.69 Å². The molecule has 3 aromatic rings. The number of hydrogen-bond acceptors (Lipinski definition) is 6. The first-order chi connectivity index (χ1) is 12.7. The third kappa shape index (κ3) is 3.55. The van der Waals surface area contributed by atoms with E-state index in [9.17, 15) is 4.79 Å². The van der Waals surface area contributed by atoms with Gasteiger partial charge in [0.15, 0.2) is 11.2 Å². The number of nitrogens with one attached hydrogen (secondary N) is 1. The third-order valence-electron chi connectivity index (χ3n) is 4.54. The van der Waals surface area contributed by atoms with Gasteiger partial charge in [-0.2, -0.15) is 4.68 Å². The van der Waals surface area contributed by atoms with Gasteiger partial charge < -0.3 is 5.32 Å². The van der Waals surface area contributed by atoms with Crippen molar-refractivity contribution >= 4 is 28.8 Å². The van der Waals surface area contributed by atoms with Crippen LogP contribution in [0.1, 0.15) is 31.2 Å². The first-order valence-corrected chi connectivity index (χ1v) is 9.75. The normalized spacial score (nSPS) is 14.8. The minimum atomic E-state index is 0.0413. The van der Waals surface area contributed by atoms with Gasteiger partial charge in [-0.3, -0.25) is 4.79 Å². The number of nitrogens with zero attached hydrogens (tertiary/aromatic N) is 5. The van der Waals surface area contributed by atoms with Crippen LogP contribution in [-0.4, -0.2) is 42.7 Å². The molecule has 4 rings (SSSR count). The average Bonchev–Trinajstić information content (AvgIpc) is 3.30. The van der Waals surface area contributed by atoms with Crippen molar-refractivity contribution in [1.29, 1.82) is 0 Å². The molecule has 134 valence electrons. The number of aromatic nitrogens is 5. The highest BCUT2D eigenvalue weighted by Gasteiger charge is 2.18. The molecular formula is C18H20N6OS. The van der Waals surface area contributed by atoms with E-state index in [1.807, 2.05) is 31.2 Å². The summed E-state index contributed by atoms with van der Waals surface area (Å²) in [4.78, 5) is 20.8. The van der Waals surface area contributed by atoms with E-state index in [0.717, 1.165) is 18.5 Å². The van der Waals surface area contributed by atoms with Crippen molar-refractivity contribution in [2.75, 3.05) is 5.75 Å². The highest BCUT2D eigenvalue weighted by Crippen LogP contribution is 2.24. The number of hydrogen-bond donors (Lipinski definition) is 1. The highest BCUT2D eigenvalue weighted by atomic mass is 32.2. The monoisotopic (exact) mass is 368 g/mol. The Morgan fingerprint density at radius 3 is 2.77 bits per heavy atom. The lowest BCUT2D eigenvalue weighted by molar-refractivity contribution is -0.119. The van der Waals surface area contributed by atoms with Gasteiger partial charge in [-0.15, -0.1) is 5.10 Å². The van der Waals surface area contributed by atoms with Gasteiger partial charge in [-0.25, -0.2) is 9.97 Å². The molecule has 0 radical (unpaired) electrons. The zero-order valence-electron chi connectivity index (χ0n) is 14.6. The number of carbonyl (C=O) groups excluding carboxylic acids is 1. The minimum Gasteiger partial charge on any atom is -0.353 e. The predicted octanol–water partition coefficient (Wildman–Crippen LogP) is 2.67. The molecule has 1 aromatic carbocycles. The first-order valence-electron chi connectivity index (χ1n) is 8.76. The van der Waals surface area contributed by atoms with Gasteiger partial charge in [-0.1, -0.05) is 47.5 Å². The van der Waals surface area contributed by atoms with E-state index < -0.39 is 0 Å². The van der Waals surface area contributed by atoms with Gasteiger partial charge in [0, 0.05) is 6.04 Å². The molecule has 0 unspecified atom stereocenters. The zero-order valence-corrected chi connectivity index (χ0v) is 15.4. The van der Waals surface area contributed by atoms with Gasteiger partial charge in [-0.05, 0) is 31.9 Å². The second kappa shape index (κ2) is 7.41. The average molecular weight is 368 g/mol. The Hall–Kier alpha value is -2.48. The molecular weight excluding hydrogens is 348 g/mol. The molecule has 0 aliphatic heterocycles. The van der Waals surface area contributed by atoms with E-state index in [1.54, 1.807) is 4.68 Å². The Kier molecular flexibility index (Phi) is 4.83. The number of fused-ring (bicyclic) bond motifs is 1. The number of benzene rings is 1. The quantitative estimate of drug-likeness (QED) is 0.550. The summed E-state index contributed by atoms with van der Waals surface area (Å²) in [5, 5.41) is 12.2. The smallest absolute Gasteiger partial charge is 0.230 e. The summed E-state index contributed by atoms with van der Waals surface area (Å²) < 4.78 is 1.69. The van der Waals surface area contributed by atoms with E-state index in [0.29, 0.717) is 28.0 Å². The van der Waals surface area contributed by atoms with E-state index in [-0.39, 0.29) is 5.91 Å². The lowest BCUT2D eigenvalue weighted by atomic mass is 10.2. The molecule has 0 spiro atoms. The fraction of sp³-hybridized carbons (Fsp3) is 0.389. The van der Waals surface area contributed by atoms with Crippen LogP contribution in [0.2, 0.25) is 0 Å². The van der Waals surface area contributed by atoms with E-state index in [4.69, 9.17) is 0 Å². The maximum absolute atomic E-state index is 12.2. The molecule has 2 aromatic heterocycles. The SMILES string of the molecule is Cc1ccc(-n2nnc3c(SCC(=O)NC4CCCC4)ncnc32)cc1. The fourth-order valence-electron chi connectivity index (χ4n) is 3.17. The lowest BCUT2D eigenvalue weighted by Crippen LogP contribution is -2.33. The molecule has 8 heteroatoms. The molecule has 26 heavy (non-hydrogen) atoms. The maximum atomic E-state index is 12.2. The van der Waals surface area contributed by atoms with Crippen LogP contribution in [0.15, 0.2) is 35.6 Å². The van der Waals surface area contributed by atoms with E-state index in [2.05, 4.69) is 25.6 Å². The summed E-state index contributed by atoms with van der Waals surface area (Å²) in [5.41, 5.74) is 3.33. The predicted molar refractivity (Wildman–Crippen MR) is 100 cm³/mol. The molecule has 0 saturated heterocycles. The Balaban J connectivity index is 1.51. The third-order valence-corrected chi connectivity index (χ3v) is 5.52. The van der Waals surface area contributed by atoms with Crippen LogP contribution >= 0.6 is 11.8 Å². The van der Waals surface area contributed by atoms with Crippen LogP contribution in [0.4, 0.5) is 0 Å². The highest BCUT2D eigenvalue weighted by molar-refractivity contribution is 8.00. The Morgan fingerprint density at radius 2 is 2.00 bits per heavy atom. The van der Waals surface area contributed by atoms with Gasteiger partial charge >= 0.3 is 0 Å². The minimum absolute atomic E-state index is 0.0413. The summed E-state index contributed by atoms with van der Waals surface area (Å²) >= 11 is 1.37. The largest absolute Gasteiger partial charge is 0.353 e. The van der Waals surface area contributed by atoms with Crippen molar-refractivity contribution in [3.63, 3.8) is 0 Å². The topological polar surface area (TPSA) is 85.6 Å². The molecule has 0 atom stereocenters. The van der Waals surface area contributed by atoms with Crippen LogP contribution in [0.25, 0.3) is 16.9 Å². The summed E-state index contributed by atoms with van der Waals surface area (Å²) in [5.74, 6) is 0.361. The second-order valence-electron chi connectivity index (χ2n) is 6.53. The summed E-state index contributed by atoms with van der Waals surface area (Å²) in [7, 11) is 0. The van der Waals surface area contributed by atoms with Crippen LogP contribution < -0.4 is 5.32 Å². The van der Waals surface area contributed by atoms with Crippen molar-refractivity contribution < 1.29 is 4.79 Å². The van der Waals surface area contributed by atoms with Crippen molar-refractivity contribution in [2.45, 2.75) is 43.7 Å². The van der Waals surface area contributed by atoms with Gasteiger partial charge in [0.05, 0.1) is 11.4 Å². The Morgan fingerprint density at radius 1 is 1.23 bits per heavy atom. The maximum Gasteiger partial charge on any atom is 0.230 e. The molecule has 1 aliphatic carbocycles. The first kappa shape index (κ1) is 17.0. The van der Waals surface area contributed by atoms with Gasteiger partial charge in [0.1, 0.15) is 11.4 Å². The molecule has 1 N–H and O–H groups in total. The number of amides is 1. The molecule has 1 amide bonds. The van der Waals surface area contributed by atoms with Crippen molar-refractivity contribution in [3.05, 3.63) is 36.2 Å².